The molecule has 0 atom stereocenters. The molecule has 1 rings (SSSR count). The van der Waals surface area contributed by atoms with Gasteiger partial charge in [-0.1, -0.05) is 20.8 Å². The van der Waals surface area contributed by atoms with E-state index < -0.39 is 0 Å². The Morgan fingerprint density at radius 2 is 2.06 bits per heavy atom. The van der Waals surface area contributed by atoms with Crippen molar-refractivity contribution in [2.75, 3.05) is 26.2 Å². The maximum Gasteiger partial charge on any atom is 0.140 e. The second-order valence-electron chi connectivity index (χ2n) is 4.46. The van der Waals surface area contributed by atoms with E-state index in [0.717, 1.165) is 45.0 Å². The van der Waals surface area contributed by atoms with E-state index in [0.29, 0.717) is 0 Å². The lowest BCUT2D eigenvalue weighted by atomic mass is 10.3. The minimum absolute atomic E-state index is 0.818. The Hall–Kier alpha value is -0.940. The molecule has 5 nitrogen and oxygen atoms in total. The van der Waals surface area contributed by atoms with Crippen LogP contribution in [0.4, 0.5) is 0 Å². The zero-order chi connectivity index (χ0) is 13.2. The second kappa shape index (κ2) is 9.05. The molecule has 0 bridgehead atoms. The van der Waals surface area contributed by atoms with E-state index in [-0.39, 0.29) is 0 Å². The zero-order valence-electron chi connectivity index (χ0n) is 12.0. The molecule has 1 heterocycles. The van der Waals surface area contributed by atoms with Crippen molar-refractivity contribution in [1.82, 2.24) is 25.0 Å². The minimum atomic E-state index is 0.818. The molecule has 0 aliphatic heterocycles. The van der Waals surface area contributed by atoms with Crippen molar-refractivity contribution in [3.05, 3.63) is 12.2 Å². The van der Waals surface area contributed by atoms with Gasteiger partial charge in [-0.05, 0) is 39.0 Å². The van der Waals surface area contributed by atoms with Crippen molar-refractivity contribution in [3.63, 3.8) is 0 Å². The SMILES string of the molecule is CCCn1ncnc1CNCCCN(CC)CC. The van der Waals surface area contributed by atoms with E-state index in [2.05, 4.69) is 41.1 Å². The molecule has 0 spiro atoms. The van der Waals surface area contributed by atoms with E-state index in [1.54, 1.807) is 6.33 Å². The van der Waals surface area contributed by atoms with E-state index in [4.69, 9.17) is 0 Å². The smallest absolute Gasteiger partial charge is 0.140 e. The van der Waals surface area contributed by atoms with Crippen LogP contribution in [0.3, 0.4) is 0 Å². The van der Waals surface area contributed by atoms with Crippen LogP contribution in [0, 0.1) is 0 Å². The normalized spacial score (nSPS) is 11.3. The Morgan fingerprint density at radius 1 is 1.28 bits per heavy atom. The van der Waals surface area contributed by atoms with E-state index >= 15 is 0 Å². The van der Waals surface area contributed by atoms with Crippen molar-refractivity contribution in [2.24, 2.45) is 0 Å². The van der Waals surface area contributed by atoms with Gasteiger partial charge >= 0.3 is 0 Å². The van der Waals surface area contributed by atoms with Crippen LogP contribution < -0.4 is 5.32 Å². The fourth-order valence-corrected chi connectivity index (χ4v) is 1.99. The maximum atomic E-state index is 4.28. The second-order valence-corrected chi connectivity index (χ2v) is 4.46. The summed E-state index contributed by atoms with van der Waals surface area (Å²) in [6, 6.07) is 0. The third-order valence-corrected chi connectivity index (χ3v) is 3.14. The topological polar surface area (TPSA) is 46.0 Å². The van der Waals surface area contributed by atoms with Crippen LogP contribution in [0.5, 0.6) is 0 Å². The van der Waals surface area contributed by atoms with Crippen LogP contribution in [0.1, 0.15) is 39.4 Å². The molecule has 1 N–H and O–H groups in total. The molecule has 1 aromatic rings. The highest BCUT2D eigenvalue weighted by molar-refractivity contribution is 4.83. The highest BCUT2D eigenvalue weighted by Crippen LogP contribution is 1.96. The Morgan fingerprint density at radius 3 is 2.72 bits per heavy atom. The Bertz CT molecular complexity index is 306. The summed E-state index contributed by atoms with van der Waals surface area (Å²) in [5, 5.41) is 7.66. The molecular formula is C13H27N5. The predicted molar refractivity (Wildman–Crippen MR) is 74.4 cm³/mol. The van der Waals surface area contributed by atoms with Gasteiger partial charge in [0.05, 0.1) is 6.54 Å². The molecule has 0 unspecified atom stereocenters. The molecule has 104 valence electrons. The molecule has 0 saturated carbocycles. The van der Waals surface area contributed by atoms with Gasteiger partial charge in [0.25, 0.3) is 0 Å². The van der Waals surface area contributed by atoms with Gasteiger partial charge in [-0.25, -0.2) is 9.67 Å². The first-order chi connectivity index (χ1) is 8.81. The van der Waals surface area contributed by atoms with Crippen LogP contribution in [0.2, 0.25) is 0 Å². The molecule has 0 aliphatic carbocycles. The Kier molecular flexibility index (Phi) is 7.60. The molecule has 0 aromatic carbocycles. The molecule has 1 aromatic heterocycles. The number of rotatable bonds is 10. The van der Waals surface area contributed by atoms with Gasteiger partial charge in [0.15, 0.2) is 0 Å². The summed E-state index contributed by atoms with van der Waals surface area (Å²) in [5.74, 6) is 1.04. The third kappa shape index (κ3) is 5.14. The van der Waals surface area contributed by atoms with Gasteiger partial charge in [-0.15, -0.1) is 0 Å². The number of aromatic nitrogens is 3. The van der Waals surface area contributed by atoms with Gasteiger partial charge < -0.3 is 10.2 Å². The summed E-state index contributed by atoms with van der Waals surface area (Å²) in [6.45, 7) is 12.8. The number of aryl methyl sites for hydroxylation is 1. The molecule has 0 fully saturated rings. The number of nitrogens with zero attached hydrogens (tertiary/aromatic N) is 4. The lowest BCUT2D eigenvalue weighted by Crippen LogP contribution is -2.27. The van der Waals surface area contributed by atoms with Crippen LogP contribution in [0.25, 0.3) is 0 Å². The van der Waals surface area contributed by atoms with E-state index in [9.17, 15) is 0 Å². The standard InChI is InChI=1S/C13H27N5/c1-4-9-18-13(15-12-16-18)11-14-8-7-10-17(5-2)6-3/h12,14H,4-11H2,1-3H3. The summed E-state index contributed by atoms with van der Waals surface area (Å²) in [5.41, 5.74) is 0. The number of hydrogen-bond acceptors (Lipinski definition) is 4. The highest BCUT2D eigenvalue weighted by atomic mass is 15.3. The lowest BCUT2D eigenvalue weighted by Gasteiger charge is -2.17. The Balaban J connectivity index is 2.15. The Labute approximate surface area is 111 Å². The molecule has 0 aliphatic rings. The maximum absolute atomic E-state index is 4.28. The van der Waals surface area contributed by atoms with E-state index in [1.165, 1.54) is 13.0 Å². The van der Waals surface area contributed by atoms with Gasteiger partial charge in [0, 0.05) is 6.54 Å². The van der Waals surface area contributed by atoms with Crippen LogP contribution in [-0.2, 0) is 13.1 Å². The summed E-state index contributed by atoms with van der Waals surface area (Å²) in [7, 11) is 0. The first-order valence-electron chi connectivity index (χ1n) is 7.11. The molecule has 0 saturated heterocycles. The largest absolute Gasteiger partial charge is 0.310 e. The third-order valence-electron chi connectivity index (χ3n) is 3.14. The quantitative estimate of drug-likeness (QED) is 0.642. The lowest BCUT2D eigenvalue weighted by molar-refractivity contribution is 0.297. The highest BCUT2D eigenvalue weighted by Gasteiger charge is 2.03. The van der Waals surface area contributed by atoms with Gasteiger partial charge in [-0.3, -0.25) is 0 Å². The minimum Gasteiger partial charge on any atom is -0.310 e. The fraction of sp³-hybridized carbons (Fsp3) is 0.846. The number of hydrogen-bond donors (Lipinski definition) is 1. The summed E-state index contributed by atoms with van der Waals surface area (Å²) in [6.07, 6.45) is 3.92. The summed E-state index contributed by atoms with van der Waals surface area (Å²) >= 11 is 0. The summed E-state index contributed by atoms with van der Waals surface area (Å²) in [4.78, 5) is 6.72. The first-order valence-corrected chi connectivity index (χ1v) is 7.11. The van der Waals surface area contributed by atoms with Crippen LogP contribution in [0.15, 0.2) is 6.33 Å². The average Bonchev–Trinajstić information content (AvgIpc) is 2.82. The zero-order valence-corrected chi connectivity index (χ0v) is 12.0. The van der Waals surface area contributed by atoms with Gasteiger partial charge in [-0.2, -0.15) is 5.10 Å². The van der Waals surface area contributed by atoms with Crippen molar-refractivity contribution in [2.45, 2.75) is 46.7 Å². The van der Waals surface area contributed by atoms with Gasteiger partial charge in [0.2, 0.25) is 0 Å². The van der Waals surface area contributed by atoms with Crippen molar-refractivity contribution in [3.8, 4) is 0 Å². The van der Waals surface area contributed by atoms with Crippen molar-refractivity contribution in [1.29, 1.82) is 0 Å². The monoisotopic (exact) mass is 253 g/mol. The molecule has 0 radical (unpaired) electrons. The molecule has 5 heteroatoms. The summed E-state index contributed by atoms with van der Waals surface area (Å²) < 4.78 is 1.98. The molecular weight excluding hydrogens is 226 g/mol. The van der Waals surface area contributed by atoms with Crippen molar-refractivity contribution >= 4 is 0 Å². The predicted octanol–water partition coefficient (Wildman–Crippen LogP) is 1.51. The fourth-order valence-electron chi connectivity index (χ4n) is 1.99. The van der Waals surface area contributed by atoms with Gasteiger partial charge in [0.1, 0.15) is 12.2 Å². The molecule has 0 amide bonds. The van der Waals surface area contributed by atoms with Crippen LogP contribution in [-0.4, -0.2) is 45.8 Å². The number of nitrogens with one attached hydrogen (secondary N) is 1. The first kappa shape index (κ1) is 15.1. The average molecular weight is 253 g/mol. The molecule has 18 heavy (non-hydrogen) atoms. The van der Waals surface area contributed by atoms with Crippen molar-refractivity contribution < 1.29 is 0 Å². The van der Waals surface area contributed by atoms with E-state index in [1.807, 2.05) is 4.68 Å². The van der Waals surface area contributed by atoms with Crippen LogP contribution >= 0.6 is 0 Å².